The lowest BCUT2D eigenvalue weighted by atomic mass is 10.1. The van der Waals surface area contributed by atoms with Gasteiger partial charge in [-0.1, -0.05) is 0 Å². The van der Waals surface area contributed by atoms with E-state index in [1.165, 1.54) is 6.07 Å². The van der Waals surface area contributed by atoms with Gasteiger partial charge in [0.2, 0.25) is 0 Å². The molecule has 1 aromatic rings. The van der Waals surface area contributed by atoms with E-state index < -0.39 is 0 Å². The van der Waals surface area contributed by atoms with Crippen LogP contribution < -0.4 is 10.6 Å². The number of hydrogen-bond donors (Lipinski definition) is 1. The molecule has 2 rings (SSSR count). The van der Waals surface area contributed by atoms with E-state index in [0.29, 0.717) is 17.8 Å². The van der Waals surface area contributed by atoms with E-state index in [-0.39, 0.29) is 17.8 Å². The Hall–Kier alpha value is -1.62. The number of likely N-dealkylation sites (N-methyl/N-ethyl adjacent to an activating group) is 1. The van der Waals surface area contributed by atoms with Crippen molar-refractivity contribution in [2.75, 3.05) is 31.6 Å². The number of benzene rings is 1. The first-order valence-electron chi connectivity index (χ1n) is 7.06. The Bertz CT molecular complexity index is 486. The lowest BCUT2D eigenvalue weighted by Gasteiger charge is -2.24. The highest BCUT2D eigenvalue weighted by molar-refractivity contribution is 5.94. The van der Waals surface area contributed by atoms with Crippen molar-refractivity contribution in [3.05, 3.63) is 29.6 Å². The minimum Gasteiger partial charge on any atom is -0.369 e. The Morgan fingerprint density at radius 3 is 2.65 bits per heavy atom. The van der Waals surface area contributed by atoms with Crippen LogP contribution >= 0.6 is 0 Å². The zero-order chi connectivity index (χ0) is 14.7. The quantitative estimate of drug-likeness (QED) is 0.915. The maximum Gasteiger partial charge on any atom is 0.253 e. The van der Waals surface area contributed by atoms with E-state index in [0.717, 1.165) is 25.9 Å². The molecule has 1 amide bonds. The summed E-state index contributed by atoms with van der Waals surface area (Å²) in [5, 5.41) is 0. The van der Waals surface area contributed by atoms with Crippen molar-refractivity contribution in [1.29, 1.82) is 0 Å². The van der Waals surface area contributed by atoms with Gasteiger partial charge in [-0.05, 0) is 38.0 Å². The van der Waals surface area contributed by atoms with Crippen LogP contribution in [0.3, 0.4) is 0 Å². The summed E-state index contributed by atoms with van der Waals surface area (Å²) in [6.45, 7) is 4.02. The molecule has 1 aliphatic rings. The minimum absolute atomic E-state index is 0.0659. The van der Waals surface area contributed by atoms with E-state index in [1.54, 1.807) is 24.1 Å². The lowest BCUT2D eigenvalue weighted by Crippen LogP contribution is -2.39. The van der Waals surface area contributed by atoms with Crippen molar-refractivity contribution in [3.8, 4) is 0 Å². The molecule has 0 radical (unpaired) electrons. The third kappa shape index (κ3) is 2.93. The van der Waals surface area contributed by atoms with Crippen LogP contribution in [-0.4, -0.2) is 43.5 Å². The molecule has 0 aliphatic carbocycles. The highest BCUT2D eigenvalue weighted by Gasteiger charge is 2.20. The van der Waals surface area contributed by atoms with Gasteiger partial charge >= 0.3 is 0 Å². The molecule has 2 N–H and O–H groups in total. The maximum atomic E-state index is 14.2. The molecule has 0 spiro atoms. The monoisotopic (exact) mass is 279 g/mol. The number of nitrogens with two attached hydrogens (primary N) is 1. The molecule has 0 aromatic heterocycles. The van der Waals surface area contributed by atoms with Crippen molar-refractivity contribution in [2.24, 2.45) is 5.73 Å². The normalized spacial score (nSPS) is 16.3. The largest absolute Gasteiger partial charge is 0.369 e. The number of rotatable bonds is 4. The summed E-state index contributed by atoms with van der Waals surface area (Å²) in [7, 11) is 1.69. The molecule has 1 heterocycles. The number of nitrogens with zero attached hydrogens (tertiary/aromatic N) is 2. The predicted molar refractivity (Wildman–Crippen MR) is 78.5 cm³/mol. The number of anilines is 1. The molecule has 1 unspecified atom stereocenters. The van der Waals surface area contributed by atoms with E-state index in [9.17, 15) is 9.18 Å². The SMILES string of the molecule is CC(CN)N(C)C(=O)c1ccc(N2CCCC2)c(F)c1. The van der Waals surface area contributed by atoms with Crippen LogP contribution in [0.5, 0.6) is 0 Å². The fourth-order valence-corrected chi connectivity index (χ4v) is 2.42. The highest BCUT2D eigenvalue weighted by Crippen LogP contribution is 2.24. The average molecular weight is 279 g/mol. The standard InChI is InChI=1S/C15H22FN3O/c1-11(10-17)18(2)15(20)12-5-6-14(13(16)9-12)19-7-3-4-8-19/h5-6,9,11H,3-4,7-8,10,17H2,1-2H3. The highest BCUT2D eigenvalue weighted by atomic mass is 19.1. The van der Waals surface area contributed by atoms with Gasteiger partial charge in [-0.25, -0.2) is 4.39 Å². The molecule has 1 saturated heterocycles. The Labute approximate surface area is 119 Å². The van der Waals surface area contributed by atoms with Crippen LogP contribution in [0.25, 0.3) is 0 Å². The number of halogens is 1. The van der Waals surface area contributed by atoms with Crippen molar-refractivity contribution in [3.63, 3.8) is 0 Å². The molecule has 1 aliphatic heterocycles. The summed E-state index contributed by atoms with van der Waals surface area (Å²) in [6, 6.07) is 4.66. The third-order valence-corrected chi connectivity index (χ3v) is 3.96. The summed E-state index contributed by atoms with van der Waals surface area (Å²) in [5.41, 5.74) is 6.51. The Kier molecular flexibility index (Phi) is 4.60. The molecule has 20 heavy (non-hydrogen) atoms. The van der Waals surface area contributed by atoms with Gasteiger partial charge < -0.3 is 15.5 Å². The smallest absolute Gasteiger partial charge is 0.253 e. The van der Waals surface area contributed by atoms with E-state index in [2.05, 4.69) is 0 Å². The Morgan fingerprint density at radius 1 is 1.45 bits per heavy atom. The van der Waals surface area contributed by atoms with Crippen LogP contribution in [0.4, 0.5) is 10.1 Å². The van der Waals surface area contributed by atoms with E-state index in [1.807, 2.05) is 11.8 Å². The molecular formula is C15H22FN3O. The second kappa shape index (κ2) is 6.22. The molecule has 1 atom stereocenters. The zero-order valence-corrected chi connectivity index (χ0v) is 12.1. The van der Waals surface area contributed by atoms with Gasteiger partial charge in [0.05, 0.1) is 5.69 Å². The van der Waals surface area contributed by atoms with Gasteiger partial charge in [0.15, 0.2) is 0 Å². The zero-order valence-electron chi connectivity index (χ0n) is 12.1. The number of carbonyl (C=O) groups is 1. The molecule has 4 nitrogen and oxygen atoms in total. The van der Waals surface area contributed by atoms with Crippen molar-refractivity contribution >= 4 is 11.6 Å². The van der Waals surface area contributed by atoms with Gasteiger partial charge in [0.1, 0.15) is 5.82 Å². The van der Waals surface area contributed by atoms with Crippen molar-refractivity contribution < 1.29 is 9.18 Å². The van der Waals surface area contributed by atoms with Gasteiger partial charge in [-0.2, -0.15) is 0 Å². The third-order valence-electron chi connectivity index (χ3n) is 3.96. The first-order valence-corrected chi connectivity index (χ1v) is 7.06. The van der Waals surface area contributed by atoms with Gasteiger partial charge in [0.25, 0.3) is 5.91 Å². The molecule has 1 aromatic carbocycles. The summed E-state index contributed by atoms with van der Waals surface area (Å²) in [5.74, 6) is -0.527. The second-order valence-corrected chi connectivity index (χ2v) is 5.36. The molecule has 0 bridgehead atoms. The fraction of sp³-hybridized carbons (Fsp3) is 0.533. The molecule has 5 heteroatoms. The van der Waals surface area contributed by atoms with Crippen molar-refractivity contribution in [1.82, 2.24) is 4.90 Å². The second-order valence-electron chi connectivity index (χ2n) is 5.36. The van der Waals surface area contributed by atoms with Crippen molar-refractivity contribution in [2.45, 2.75) is 25.8 Å². The lowest BCUT2D eigenvalue weighted by molar-refractivity contribution is 0.0748. The van der Waals surface area contributed by atoms with E-state index >= 15 is 0 Å². The first kappa shape index (κ1) is 14.8. The van der Waals surface area contributed by atoms with Crippen LogP contribution in [0.1, 0.15) is 30.1 Å². The average Bonchev–Trinajstić information content (AvgIpc) is 2.98. The van der Waals surface area contributed by atoms with Gasteiger partial charge in [-0.15, -0.1) is 0 Å². The van der Waals surface area contributed by atoms with E-state index in [4.69, 9.17) is 5.73 Å². The summed E-state index contributed by atoms with van der Waals surface area (Å²) >= 11 is 0. The van der Waals surface area contributed by atoms with Crippen LogP contribution in [0.15, 0.2) is 18.2 Å². The Balaban J connectivity index is 2.18. The predicted octanol–water partition coefficient (Wildman–Crippen LogP) is 1.85. The van der Waals surface area contributed by atoms with Gasteiger partial charge in [-0.3, -0.25) is 4.79 Å². The first-order chi connectivity index (χ1) is 9.54. The molecule has 1 fully saturated rings. The summed E-state index contributed by atoms with van der Waals surface area (Å²) in [4.78, 5) is 15.8. The van der Waals surface area contributed by atoms with Crippen LogP contribution in [0, 0.1) is 5.82 Å². The number of carbonyl (C=O) groups excluding carboxylic acids is 1. The van der Waals surface area contributed by atoms with Crippen LogP contribution in [0.2, 0.25) is 0 Å². The van der Waals surface area contributed by atoms with Gasteiger partial charge in [0, 0.05) is 38.3 Å². The maximum absolute atomic E-state index is 14.2. The molecule has 0 saturated carbocycles. The minimum atomic E-state index is -0.327. The molecular weight excluding hydrogens is 257 g/mol. The molecule has 110 valence electrons. The number of amides is 1. The Morgan fingerprint density at radius 2 is 2.10 bits per heavy atom. The summed E-state index contributed by atoms with van der Waals surface area (Å²) < 4.78 is 14.2. The topological polar surface area (TPSA) is 49.6 Å². The van der Waals surface area contributed by atoms with Crippen LogP contribution in [-0.2, 0) is 0 Å². The summed E-state index contributed by atoms with van der Waals surface area (Å²) in [6.07, 6.45) is 2.19. The fourth-order valence-electron chi connectivity index (χ4n) is 2.42. The number of hydrogen-bond acceptors (Lipinski definition) is 3.